The van der Waals surface area contributed by atoms with E-state index < -0.39 is 91.5 Å². The molecule has 4 N–H and O–H groups in total. The molecule has 0 aliphatic carbocycles. The van der Waals surface area contributed by atoms with Crippen molar-refractivity contribution in [3.63, 3.8) is 0 Å². The van der Waals surface area contributed by atoms with Gasteiger partial charge in [0.05, 0.1) is 26.4 Å². The lowest BCUT2D eigenvalue weighted by molar-refractivity contribution is -0.161. The quantitative estimate of drug-likeness (QED) is 0.0146. The molecular formula is C71H118O16P2. The number of unbranched alkanes of at least 4 members (excludes halogenated alkanes) is 17. The molecule has 0 saturated carbocycles. The summed E-state index contributed by atoms with van der Waals surface area (Å²) in [6, 6.07) is 0. The Morgan fingerprint density at radius 3 is 1.00 bits per heavy atom. The molecule has 0 aliphatic rings. The average molecular weight is 1290 g/mol. The van der Waals surface area contributed by atoms with Crippen molar-refractivity contribution in [2.24, 2.45) is 0 Å². The summed E-state index contributed by atoms with van der Waals surface area (Å²) in [6.45, 7) is 2.35. The number of ether oxygens (including phenoxy) is 3. The van der Waals surface area contributed by atoms with Crippen LogP contribution < -0.4 is 0 Å². The maximum atomic E-state index is 12.9. The standard InChI is InChI=1S/C71H118O16P2/c1-4-7-10-13-16-19-22-25-27-29-31-32-34-36-37-40-42-45-48-51-54-57-69(74)81-60-66(72)61-83-88(77,78)84-62-67(73)63-85-89(79,80)86-65-68(87-71(76)59-56-53-50-47-44-39-24-21-18-15-12-9-6-3)64-82-70(75)58-55-52-49-46-43-41-38-35-33-30-28-26-23-20-17-14-11-8-5-2/h8,11-12,15-17,19-21,24-28,31-33,35-37,41,43,66-68,72-73H,4-7,9-10,13-14,18,22-23,29-30,34,38-40,42,44-65H2,1-3H3,(H,77,78)(H,79,80)/b11-8-,15-12-,19-16-,20-17-,24-21-,27-25-,28-26-,32-31-,35-33-,37-36-,43-41-. The van der Waals surface area contributed by atoms with Gasteiger partial charge in [-0.05, 0) is 135 Å². The van der Waals surface area contributed by atoms with E-state index in [1.54, 1.807) is 0 Å². The summed E-state index contributed by atoms with van der Waals surface area (Å²) in [7, 11) is -9.80. The predicted molar refractivity (Wildman–Crippen MR) is 362 cm³/mol. The average Bonchev–Trinajstić information content (AvgIpc) is 3.72. The minimum Gasteiger partial charge on any atom is -0.463 e. The molecule has 0 aromatic rings. The normalized spacial score (nSPS) is 15.1. The number of carbonyl (C=O) groups is 3. The molecule has 0 saturated heterocycles. The van der Waals surface area contributed by atoms with E-state index in [1.165, 1.54) is 25.7 Å². The Labute approximate surface area is 537 Å². The van der Waals surface area contributed by atoms with Crippen LogP contribution in [0.15, 0.2) is 134 Å². The van der Waals surface area contributed by atoms with Gasteiger partial charge >= 0.3 is 33.6 Å². The molecule has 0 spiro atoms. The number of aliphatic hydroxyl groups excluding tert-OH is 2. The number of carbonyl (C=O) groups excluding carboxylic acids is 3. The summed E-state index contributed by atoms with van der Waals surface area (Å²) < 4.78 is 60.8. The zero-order valence-corrected chi connectivity index (χ0v) is 56.6. The zero-order chi connectivity index (χ0) is 65.3. The molecule has 0 rings (SSSR count). The molecule has 18 heteroatoms. The van der Waals surface area contributed by atoms with Crippen molar-refractivity contribution in [1.82, 2.24) is 0 Å². The van der Waals surface area contributed by atoms with Gasteiger partial charge in [-0.2, -0.15) is 0 Å². The fourth-order valence-corrected chi connectivity index (χ4v) is 9.79. The van der Waals surface area contributed by atoms with Crippen LogP contribution in [-0.2, 0) is 55.8 Å². The summed E-state index contributed by atoms with van der Waals surface area (Å²) in [5.41, 5.74) is 0. The van der Waals surface area contributed by atoms with Gasteiger partial charge in [-0.3, -0.25) is 32.5 Å². The van der Waals surface area contributed by atoms with Gasteiger partial charge in [0.1, 0.15) is 25.4 Å². The first-order valence-electron chi connectivity index (χ1n) is 33.5. The lowest BCUT2D eigenvalue weighted by atomic mass is 10.1. The number of esters is 3. The second kappa shape index (κ2) is 63.8. The van der Waals surface area contributed by atoms with Crippen molar-refractivity contribution in [2.45, 2.75) is 257 Å². The van der Waals surface area contributed by atoms with E-state index in [0.29, 0.717) is 19.3 Å². The number of hydrogen-bond donors (Lipinski definition) is 4. The molecule has 0 radical (unpaired) electrons. The number of phosphoric ester groups is 2. The first-order chi connectivity index (χ1) is 43.2. The van der Waals surface area contributed by atoms with E-state index in [-0.39, 0.29) is 19.3 Å². The van der Waals surface area contributed by atoms with E-state index in [4.69, 9.17) is 32.3 Å². The van der Waals surface area contributed by atoms with Crippen LogP contribution in [0.3, 0.4) is 0 Å². The smallest absolute Gasteiger partial charge is 0.463 e. The van der Waals surface area contributed by atoms with Gasteiger partial charge in [0.25, 0.3) is 0 Å². The summed E-state index contributed by atoms with van der Waals surface area (Å²) in [5.74, 6) is -1.66. The summed E-state index contributed by atoms with van der Waals surface area (Å²) in [4.78, 5) is 58.3. The Kier molecular flexibility index (Phi) is 60.7. The molecule has 5 atom stereocenters. The van der Waals surface area contributed by atoms with Crippen molar-refractivity contribution in [1.29, 1.82) is 0 Å². The summed E-state index contributed by atoms with van der Waals surface area (Å²) in [6.07, 6.45) is 73.6. The molecule has 0 heterocycles. The van der Waals surface area contributed by atoms with Crippen molar-refractivity contribution in [2.75, 3.05) is 39.6 Å². The highest BCUT2D eigenvalue weighted by Gasteiger charge is 2.29. The van der Waals surface area contributed by atoms with Crippen LogP contribution in [-0.4, -0.2) is 95.9 Å². The third kappa shape index (κ3) is 65.0. The topological polar surface area (TPSA) is 231 Å². The third-order valence-electron chi connectivity index (χ3n) is 13.3. The fourth-order valence-electron chi connectivity index (χ4n) is 8.20. The largest absolute Gasteiger partial charge is 0.472 e. The third-order valence-corrected chi connectivity index (χ3v) is 15.2. The lowest BCUT2D eigenvalue weighted by Gasteiger charge is -2.21. The van der Waals surface area contributed by atoms with Crippen LogP contribution >= 0.6 is 15.6 Å². The maximum absolute atomic E-state index is 12.9. The summed E-state index contributed by atoms with van der Waals surface area (Å²) >= 11 is 0. The molecular weight excluding hydrogens is 1170 g/mol. The van der Waals surface area contributed by atoms with Crippen molar-refractivity contribution < 1.29 is 75.8 Å². The van der Waals surface area contributed by atoms with Crippen molar-refractivity contribution >= 4 is 33.6 Å². The van der Waals surface area contributed by atoms with E-state index in [1.807, 2.05) is 0 Å². The monoisotopic (exact) mass is 1290 g/mol. The fraction of sp³-hybridized carbons (Fsp3) is 0.648. The molecule has 0 aromatic heterocycles. The number of aliphatic hydroxyl groups is 2. The van der Waals surface area contributed by atoms with Gasteiger partial charge < -0.3 is 34.2 Å². The molecule has 0 aliphatic heterocycles. The van der Waals surface area contributed by atoms with Gasteiger partial charge in [-0.15, -0.1) is 0 Å². The highest BCUT2D eigenvalue weighted by Crippen LogP contribution is 2.45. The second-order valence-corrected chi connectivity index (χ2v) is 24.8. The predicted octanol–water partition coefficient (Wildman–Crippen LogP) is 18.4. The Hall–Kier alpha value is -4.31. The second-order valence-electron chi connectivity index (χ2n) is 21.9. The number of phosphoric acid groups is 2. The number of rotatable bonds is 62. The molecule has 0 fully saturated rings. The van der Waals surface area contributed by atoms with E-state index in [9.17, 15) is 43.5 Å². The Morgan fingerprint density at radius 2 is 0.618 bits per heavy atom. The van der Waals surface area contributed by atoms with Crippen LogP contribution in [0.1, 0.15) is 239 Å². The molecule has 5 unspecified atom stereocenters. The molecule has 89 heavy (non-hydrogen) atoms. The highest BCUT2D eigenvalue weighted by atomic mass is 31.2. The van der Waals surface area contributed by atoms with E-state index in [2.05, 4.69) is 154 Å². The van der Waals surface area contributed by atoms with E-state index >= 15 is 0 Å². The SMILES string of the molecule is CC/C=C\C/C=C\C/C=C\C/C=C\C/C=C\CCCCCC(=O)OCC(COP(=O)(O)OCC(O)COP(=O)(O)OCC(O)COC(=O)CCCCCCC/C=C\C/C=C\C/C=C\C/C=C\CCCCC)OC(=O)CCCCCCC/C=C\C/C=C\CCC. The molecule has 508 valence electrons. The van der Waals surface area contributed by atoms with E-state index in [0.717, 1.165) is 154 Å². The molecule has 0 bridgehead atoms. The Bertz CT molecular complexity index is 2160. The minimum atomic E-state index is -4.94. The first kappa shape index (κ1) is 84.7. The minimum absolute atomic E-state index is 0.0757. The lowest BCUT2D eigenvalue weighted by Crippen LogP contribution is -2.30. The molecule has 0 aromatic carbocycles. The van der Waals surface area contributed by atoms with Crippen LogP contribution in [0.4, 0.5) is 0 Å². The van der Waals surface area contributed by atoms with Gasteiger partial charge in [0, 0.05) is 19.3 Å². The van der Waals surface area contributed by atoms with Gasteiger partial charge in [-0.1, -0.05) is 219 Å². The molecule has 0 amide bonds. The van der Waals surface area contributed by atoms with Gasteiger partial charge in [0.15, 0.2) is 6.10 Å². The van der Waals surface area contributed by atoms with Gasteiger partial charge in [0.2, 0.25) is 0 Å². The first-order valence-corrected chi connectivity index (χ1v) is 36.5. The van der Waals surface area contributed by atoms with Crippen LogP contribution in [0.25, 0.3) is 0 Å². The number of hydrogen-bond acceptors (Lipinski definition) is 14. The zero-order valence-electron chi connectivity index (χ0n) is 54.8. The van der Waals surface area contributed by atoms with Crippen LogP contribution in [0.5, 0.6) is 0 Å². The number of allylic oxidation sites excluding steroid dienone is 22. The Morgan fingerprint density at radius 1 is 0.326 bits per heavy atom. The highest BCUT2D eigenvalue weighted by molar-refractivity contribution is 7.47. The summed E-state index contributed by atoms with van der Waals surface area (Å²) in [5, 5.41) is 20.5. The molecule has 16 nitrogen and oxygen atoms in total. The van der Waals surface area contributed by atoms with Crippen LogP contribution in [0, 0.1) is 0 Å². The van der Waals surface area contributed by atoms with Crippen molar-refractivity contribution in [3.8, 4) is 0 Å². The van der Waals surface area contributed by atoms with Crippen LogP contribution in [0.2, 0.25) is 0 Å². The maximum Gasteiger partial charge on any atom is 0.472 e. The Balaban J connectivity index is 4.70. The van der Waals surface area contributed by atoms with Crippen molar-refractivity contribution in [3.05, 3.63) is 134 Å². The van der Waals surface area contributed by atoms with Gasteiger partial charge in [-0.25, -0.2) is 9.13 Å².